The third-order valence-electron chi connectivity index (χ3n) is 3.02. The molecule has 1 unspecified atom stereocenters. The van der Waals surface area contributed by atoms with Crippen LogP contribution in [0.4, 0.5) is 0 Å². The number of hydrogen-bond donors (Lipinski definition) is 1. The van der Waals surface area contributed by atoms with Gasteiger partial charge < -0.3 is 10.1 Å². The second kappa shape index (κ2) is 6.96. The van der Waals surface area contributed by atoms with Crippen molar-refractivity contribution in [3.05, 3.63) is 27.2 Å². The van der Waals surface area contributed by atoms with E-state index in [9.17, 15) is 0 Å². The van der Waals surface area contributed by atoms with Gasteiger partial charge >= 0.3 is 0 Å². The minimum Gasteiger partial charge on any atom is -0.495 e. The van der Waals surface area contributed by atoms with Crippen LogP contribution in [0.15, 0.2) is 16.6 Å². The van der Waals surface area contributed by atoms with Crippen molar-refractivity contribution in [2.75, 3.05) is 13.7 Å². The molecular formula is C15H23BrClNO. The maximum absolute atomic E-state index is 6.19. The molecule has 0 radical (unpaired) electrons. The Kier molecular flexibility index (Phi) is 6.15. The molecule has 108 valence electrons. The Morgan fingerprint density at radius 3 is 2.47 bits per heavy atom. The van der Waals surface area contributed by atoms with Crippen LogP contribution in [-0.2, 0) is 0 Å². The zero-order valence-corrected chi connectivity index (χ0v) is 14.7. The second-order valence-electron chi connectivity index (χ2n) is 5.76. The highest BCUT2D eigenvalue weighted by molar-refractivity contribution is 9.10. The van der Waals surface area contributed by atoms with Crippen molar-refractivity contribution in [3.63, 3.8) is 0 Å². The predicted molar refractivity (Wildman–Crippen MR) is 86.2 cm³/mol. The zero-order valence-electron chi connectivity index (χ0n) is 12.3. The molecule has 0 aliphatic heterocycles. The van der Waals surface area contributed by atoms with Crippen LogP contribution in [-0.4, -0.2) is 13.7 Å². The van der Waals surface area contributed by atoms with Gasteiger partial charge in [-0.15, -0.1) is 0 Å². The topological polar surface area (TPSA) is 21.3 Å². The van der Waals surface area contributed by atoms with Crippen LogP contribution >= 0.6 is 27.5 Å². The molecule has 1 aromatic carbocycles. The van der Waals surface area contributed by atoms with E-state index in [2.05, 4.69) is 48.9 Å². The van der Waals surface area contributed by atoms with Gasteiger partial charge in [-0.3, -0.25) is 0 Å². The van der Waals surface area contributed by atoms with Crippen molar-refractivity contribution >= 4 is 27.5 Å². The molecule has 2 nitrogen and oxygen atoms in total. The fourth-order valence-electron chi connectivity index (χ4n) is 2.18. The molecule has 0 aromatic heterocycles. The number of nitrogens with one attached hydrogen (secondary N) is 1. The molecule has 0 aliphatic carbocycles. The summed E-state index contributed by atoms with van der Waals surface area (Å²) >= 11 is 9.72. The average molecular weight is 349 g/mol. The minimum atomic E-state index is 0.0760. The Bertz CT molecular complexity index is 429. The van der Waals surface area contributed by atoms with Crippen LogP contribution in [0.1, 0.15) is 45.7 Å². The number of hydrogen-bond acceptors (Lipinski definition) is 2. The number of benzene rings is 1. The molecule has 0 spiro atoms. The fraction of sp³-hybridized carbons (Fsp3) is 0.600. The highest BCUT2D eigenvalue weighted by atomic mass is 79.9. The summed E-state index contributed by atoms with van der Waals surface area (Å²) in [5, 5.41) is 4.31. The lowest BCUT2D eigenvalue weighted by molar-refractivity contribution is 0.265. The van der Waals surface area contributed by atoms with Crippen LogP contribution in [0, 0.1) is 5.41 Å². The summed E-state index contributed by atoms with van der Waals surface area (Å²) < 4.78 is 6.44. The number of methoxy groups -OCH3 is 1. The van der Waals surface area contributed by atoms with E-state index in [0.29, 0.717) is 0 Å². The van der Waals surface area contributed by atoms with E-state index in [4.69, 9.17) is 16.3 Å². The summed E-state index contributed by atoms with van der Waals surface area (Å²) in [6.07, 6.45) is 1.09. The van der Waals surface area contributed by atoms with Crippen molar-refractivity contribution < 1.29 is 4.74 Å². The summed E-state index contributed by atoms with van der Waals surface area (Å²) in [5.41, 5.74) is 1.18. The smallest absolute Gasteiger partial charge is 0.137 e. The van der Waals surface area contributed by atoms with Gasteiger partial charge in [-0.25, -0.2) is 0 Å². The maximum Gasteiger partial charge on any atom is 0.137 e. The second-order valence-corrected chi connectivity index (χ2v) is 7.05. The first kappa shape index (κ1) is 16.8. The molecule has 1 rings (SSSR count). The molecule has 1 aromatic rings. The Morgan fingerprint density at radius 2 is 2.00 bits per heavy atom. The third kappa shape index (κ3) is 4.37. The molecule has 1 N–H and O–H groups in total. The highest BCUT2D eigenvalue weighted by Gasteiger charge is 2.29. The molecule has 0 bridgehead atoms. The van der Waals surface area contributed by atoms with E-state index in [1.165, 1.54) is 0 Å². The van der Waals surface area contributed by atoms with Gasteiger partial charge in [0.05, 0.1) is 11.6 Å². The monoisotopic (exact) mass is 347 g/mol. The van der Waals surface area contributed by atoms with Crippen molar-refractivity contribution in [1.29, 1.82) is 0 Å². The van der Waals surface area contributed by atoms with Gasteiger partial charge in [0.2, 0.25) is 0 Å². The molecular weight excluding hydrogens is 326 g/mol. The van der Waals surface area contributed by atoms with Gasteiger partial charge in [0.25, 0.3) is 0 Å². The fourth-order valence-corrected chi connectivity index (χ4v) is 3.18. The normalized spacial score (nSPS) is 13.4. The number of ether oxygens (including phenoxy) is 1. The van der Waals surface area contributed by atoms with E-state index in [-0.39, 0.29) is 11.5 Å². The van der Waals surface area contributed by atoms with Crippen molar-refractivity contribution in [2.24, 2.45) is 5.41 Å². The number of rotatable bonds is 5. The molecule has 1 atom stereocenters. The summed E-state index contributed by atoms with van der Waals surface area (Å²) in [7, 11) is 1.69. The van der Waals surface area contributed by atoms with Gasteiger partial charge in [0, 0.05) is 16.6 Å². The molecule has 0 saturated heterocycles. The van der Waals surface area contributed by atoms with Crippen LogP contribution in [0.2, 0.25) is 5.02 Å². The first-order valence-electron chi connectivity index (χ1n) is 6.57. The zero-order chi connectivity index (χ0) is 14.6. The molecule has 0 amide bonds. The van der Waals surface area contributed by atoms with E-state index < -0.39 is 0 Å². The van der Waals surface area contributed by atoms with E-state index in [1.54, 1.807) is 7.11 Å². The largest absolute Gasteiger partial charge is 0.495 e. The molecule has 0 fully saturated rings. The van der Waals surface area contributed by atoms with Crippen LogP contribution < -0.4 is 10.1 Å². The van der Waals surface area contributed by atoms with Gasteiger partial charge in [-0.05, 0) is 46.4 Å². The summed E-state index contributed by atoms with van der Waals surface area (Å²) in [6, 6.07) is 4.05. The Hall–Kier alpha value is -0.250. The van der Waals surface area contributed by atoms with E-state index in [1.807, 2.05) is 12.1 Å². The van der Waals surface area contributed by atoms with Crippen LogP contribution in [0.3, 0.4) is 0 Å². The predicted octanol–water partition coefficient (Wildman–Crippen LogP) is 5.20. The van der Waals surface area contributed by atoms with Gasteiger partial charge in [0.1, 0.15) is 5.75 Å². The third-order valence-corrected chi connectivity index (χ3v) is 3.82. The van der Waals surface area contributed by atoms with E-state index >= 15 is 0 Å². The Balaban J connectivity index is 3.28. The van der Waals surface area contributed by atoms with Crippen molar-refractivity contribution in [2.45, 2.75) is 40.2 Å². The minimum absolute atomic E-state index is 0.0760. The quantitative estimate of drug-likeness (QED) is 0.790. The van der Waals surface area contributed by atoms with Crippen molar-refractivity contribution in [3.8, 4) is 5.75 Å². The Morgan fingerprint density at radius 1 is 1.37 bits per heavy atom. The molecule has 19 heavy (non-hydrogen) atoms. The maximum atomic E-state index is 6.19. The highest BCUT2D eigenvalue weighted by Crippen LogP contribution is 2.42. The van der Waals surface area contributed by atoms with E-state index in [0.717, 1.165) is 33.8 Å². The standard InChI is InChI=1S/C15H23BrClNO/c1-6-7-18-14(15(2,3)4)11-8-10(17)9-12(16)13(11)19-5/h8-9,14,18H,6-7H2,1-5H3. The SMILES string of the molecule is CCCNC(c1cc(Cl)cc(Br)c1OC)C(C)(C)C. The summed E-state index contributed by atoms with van der Waals surface area (Å²) in [4.78, 5) is 0. The van der Waals surface area contributed by atoms with Crippen LogP contribution in [0.5, 0.6) is 5.75 Å². The lowest BCUT2D eigenvalue weighted by Gasteiger charge is -2.33. The lowest BCUT2D eigenvalue weighted by atomic mass is 9.82. The molecule has 0 heterocycles. The van der Waals surface area contributed by atoms with Gasteiger partial charge in [-0.2, -0.15) is 0 Å². The lowest BCUT2D eigenvalue weighted by Crippen LogP contribution is -2.33. The van der Waals surface area contributed by atoms with Gasteiger partial charge in [0.15, 0.2) is 0 Å². The first-order chi connectivity index (χ1) is 8.81. The first-order valence-corrected chi connectivity index (χ1v) is 7.74. The summed E-state index contributed by atoms with van der Waals surface area (Å²) in [6.45, 7) is 9.78. The average Bonchev–Trinajstić information content (AvgIpc) is 2.27. The molecule has 0 aliphatic rings. The summed E-state index contributed by atoms with van der Waals surface area (Å²) in [5.74, 6) is 0.855. The number of halogens is 2. The Labute approximate surface area is 130 Å². The van der Waals surface area contributed by atoms with Crippen molar-refractivity contribution in [1.82, 2.24) is 5.32 Å². The molecule has 4 heteroatoms. The van der Waals surface area contributed by atoms with Gasteiger partial charge in [-0.1, -0.05) is 39.3 Å². The van der Waals surface area contributed by atoms with Crippen LogP contribution in [0.25, 0.3) is 0 Å². The molecule has 0 saturated carbocycles.